The first-order valence-corrected chi connectivity index (χ1v) is 5.99. The van der Waals surface area contributed by atoms with Gasteiger partial charge < -0.3 is 0 Å². The number of halogens is 3. The topological polar surface area (TPSA) is 52.0 Å². The standard InChI is InChI=1S/C14H11F3N2O2/c1-8-7-19(18-12(9(2)20)13(8)21)11-5-3-4-10(6-11)14(15,16)17/h3-7H,1-2H3. The van der Waals surface area contributed by atoms with Crippen LogP contribution in [0, 0.1) is 6.92 Å². The Hall–Kier alpha value is -2.44. The highest BCUT2D eigenvalue weighted by Crippen LogP contribution is 2.30. The molecule has 0 unspecified atom stereocenters. The van der Waals surface area contributed by atoms with Crippen molar-refractivity contribution in [3.63, 3.8) is 0 Å². The third-order valence-electron chi connectivity index (χ3n) is 2.87. The Morgan fingerprint density at radius 1 is 1.29 bits per heavy atom. The SMILES string of the molecule is CC(=O)c1nn(-c2cccc(C(F)(F)F)c2)cc(C)c1=O. The van der Waals surface area contributed by atoms with Gasteiger partial charge in [-0.1, -0.05) is 6.07 Å². The first-order valence-electron chi connectivity index (χ1n) is 5.99. The van der Waals surface area contributed by atoms with Crippen LogP contribution in [-0.2, 0) is 6.18 Å². The molecule has 1 aromatic carbocycles. The molecule has 0 aliphatic rings. The van der Waals surface area contributed by atoms with E-state index in [2.05, 4.69) is 5.10 Å². The van der Waals surface area contributed by atoms with Gasteiger partial charge in [-0.05, 0) is 25.1 Å². The molecule has 0 aliphatic heterocycles. The summed E-state index contributed by atoms with van der Waals surface area (Å²) >= 11 is 0. The molecule has 1 aromatic heterocycles. The molecule has 0 fully saturated rings. The predicted octanol–water partition coefficient (Wildman–Crippen LogP) is 2.76. The average Bonchev–Trinajstić information content (AvgIpc) is 2.40. The molecule has 0 N–H and O–H groups in total. The van der Waals surface area contributed by atoms with Crippen molar-refractivity contribution in [1.29, 1.82) is 0 Å². The van der Waals surface area contributed by atoms with Crippen molar-refractivity contribution in [2.45, 2.75) is 20.0 Å². The van der Waals surface area contributed by atoms with Crippen molar-refractivity contribution >= 4 is 5.78 Å². The number of aryl methyl sites for hydroxylation is 1. The normalized spacial score (nSPS) is 11.5. The van der Waals surface area contributed by atoms with Crippen LogP contribution in [0.3, 0.4) is 0 Å². The smallest absolute Gasteiger partial charge is 0.293 e. The van der Waals surface area contributed by atoms with Crippen molar-refractivity contribution in [2.24, 2.45) is 0 Å². The molecule has 0 atom stereocenters. The lowest BCUT2D eigenvalue weighted by atomic mass is 10.2. The number of nitrogens with zero attached hydrogens (tertiary/aromatic N) is 2. The lowest BCUT2D eigenvalue weighted by Gasteiger charge is -2.11. The third-order valence-corrected chi connectivity index (χ3v) is 2.87. The first kappa shape index (κ1) is 15.0. The van der Waals surface area contributed by atoms with Gasteiger partial charge in [-0.15, -0.1) is 0 Å². The molecular weight excluding hydrogens is 285 g/mol. The van der Waals surface area contributed by atoms with Gasteiger partial charge in [0.05, 0.1) is 11.3 Å². The van der Waals surface area contributed by atoms with E-state index in [-0.39, 0.29) is 16.9 Å². The van der Waals surface area contributed by atoms with E-state index in [1.807, 2.05) is 0 Å². The van der Waals surface area contributed by atoms with Gasteiger partial charge in [-0.25, -0.2) is 4.68 Å². The second-order valence-corrected chi connectivity index (χ2v) is 4.54. The number of aromatic nitrogens is 2. The van der Waals surface area contributed by atoms with Crippen molar-refractivity contribution in [3.8, 4) is 5.69 Å². The Bertz CT molecular complexity index is 764. The Morgan fingerprint density at radius 3 is 2.52 bits per heavy atom. The number of ketones is 1. The van der Waals surface area contributed by atoms with Gasteiger partial charge in [-0.3, -0.25) is 9.59 Å². The third kappa shape index (κ3) is 3.01. The largest absolute Gasteiger partial charge is 0.416 e. The molecule has 0 saturated heterocycles. The van der Waals surface area contributed by atoms with Gasteiger partial charge in [0.25, 0.3) is 0 Å². The van der Waals surface area contributed by atoms with Gasteiger partial charge >= 0.3 is 6.18 Å². The van der Waals surface area contributed by atoms with E-state index in [9.17, 15) is 22.8 Å². The van der Waals surface area contributed by atoms with Crippen molar-refractivity contribution < 1.29 is 18.0 Å². The van der Waals surface area contributed by atoms with E-state index in [1.54, 1.807) is 0 Å². The molecule has 4 nitrogen and oxygen atoms in total. The van der Waals surface area contributed by atoms with Crippen LogP contribution in [0.25, 0.3) is 5.69 Å². The number of rotatable bonds is 2. The lowest BCUT2D eigenvalue weighted by molar-refractivity contribution is -0.137. The van der Waals surface area contributed by atoms with Crippen LogP contribution < -0.4 is 5.43 Å². The summed E-state index contributed by atoms with van der Waals surface area (Å²) < 4.78 is 39.2. The maximum Gasteiger partial charge on any atom is 0.416 e. The average molecular weight is 296 g/mol. The van der Waals surface area contributed by atoms with E-state index in [1.165, 1.54) is 32.2 Å². The van der Waals surface area contributed by atoms with Crippen LogP contribution in [0.2, 0.25) is 0 Å². The van der Waals surface area contributed by atoms with Crippen molar-refractivity contribution in [2.75, 3.05) is 0 Å². The van der Waals surface area contributed by atoms with Gasteiger partial charge in [0.2, 0.25) is 5.43 Å². The molecule has 0 saturated carbocycles. The summed E-state index contributed by atoms with van der Waals surface area (Å²) in [4.78, 5) is 23.1. The number of benzene rings is 1. The summed E-state index contributed by atoms with van der Waals surface area (Å²) in [5.74, 6) is -0.538. The van der Waals surface area contributed by atoms with Gasteiger partial charge in [-0.2, -0.15) is 18.3 Å². The predicted molar refractivity (Wildman–Crippen MR) is 69.6 cm³/mol. The van der Waals surface area contributed by atoms with Crippen LogP contribution in [0.4, 0.5) is 13.2 Å². The Balaban J connectivity index is 2.63. The van der Waals surface area contributed by atoms with Gasteiger partial charge in [0.15, 0.2) is 11.5 Å². The monoisotopic (exact) mass is 296 g/mol. The molecule has 110 valence electrons. The van der Waals surface area contributed by atoms with Gasteiger partial charge in [0.1, 0.15) is 0 Å². The minimum atomic E-state index is -4.48. The molecule has 0 bridgehead atoms. The first-order chi connectivity index (χ1) is 9.70. The fraction of sp³-hybridized carbons (Fsp3) is 0.214. The zero-order valence-corrected chi connectivity index (χ0v) is 11.2. The van der Waals surface area contributed by atoms with E-state index >= 15 is 0 Å². The maximum atomic E-state index is 12.7. The number of Topliss-reactive ketones (excluding diaryl/α,β-unsaturated/α-hetero) is 1. The van der Waals surface area contributed by atoms with Crippen LogP contribution in [0.5, 0.6) is 0 Å². The number of hydrogen-bond acceptors (Lipinski definition) is 3. The summed E-state index contributed by atoms with van der Waals surface area (Å²) in [7, 11) is 0. The minimum Gasteiger partial charge on any atom is -0.293 e. The molecule has 7 heteroatoms. The fourth-order valence-electron chi connectivity index (χ4n) is 1.80. The molecule has 1 heterocycles. The second-order valence-electron chi connectivity index (χ2n) is 4.54. The molecule has 0 radical (unpaired) electrons. The Kier molecular flexibility index (Phi) is 3.67. The van der Waals surface area contributed by atoms with Crippen molar-refractivity contribution in [1.82, 2.24) is 9.78 Å². The van der Waals surface area contributed by atoms with Crippen LogP contribution in [0.1, 0.15) is 28.5 Å². The molecule has 21 heavy (non-hydrogen) atoms. The highest BCUT2D eigenvalue weighted by Gasteiger charge is 2.30. The maximum absolute atomic E-state index is 12.7. The zero-order chi connectivity index (χ0) is 15.8. The summed E-state index contributed by atoms with van der Waals surface area (Å²) in [6.45, 7) is 2.65. The van der Waals surface area contributed by atoms with E-state index in [0.717, 1.165) is 16.8 Å². The number of carbonyl (C=O) groups excluding carboxylic acids is 1. The Morgan fingerprint density at radius 2 is 1.95 bits per heavy atom. The number of carbonyl (C=O) groups is 1. The Labute approximate surface area is 117 Å². The highest BCUT2D eigenvalue weighted by molar-refractivity contribution is 5.91. The van der Waals surface area contributed by atoms with E-state index < -0.39 is 23.0 Å². The quantitative estimate of drug-likeness (QED) is 0.801. The summed E-state index contributed by atoms with van der Waals surface area (Å²) in [6.07, 6.45) is -3.18. The summed E-state index contributed by atoms with van der Waals surface area (Å²) in [6, 6.07) is 4.49. The molecule has 2 aromatic rings. The lowest BCUT2D eigenvalue weighted by Crippen LogP contribution is -2.22. The van der Waals surface area contributed by atoms with Crippen molar-refractivity contribution in [3.05, 3.63) is 57.5 Å². The van der Waals surface area contributed by atoms with Crippen LogP contribution in [-0.4, -0.2) is 15.6 Å². The minimum absolute atomic E-state index is 0.121. The zero-order valence-electron chi connectivity index (χ0n) is 11.2. The molecule has 0 spiro atoms. The number of hydrogen-bond donors (Lipinski definition) is 0. The number of alkyl halides is 3. The van der Waals surface area contributed by atoms with E-state index in [4.69, 9.17) is 0 Å². The van der Waals surface area contributed by atoms with Crippen LogP contribution >= 0.6 is 0 Å². The highest BCUT2D eigenvalue weighted by atomic mass is 19.4. The molecule has 2 rings (SSSR count). The van der Waals surface area contributed by atoms with Gasteiger partial charge in [0, 0.05) is 18.7 Å². The van der Waals surface area contributed by atoms with E-state index in [0.29, 0.717) is 0 Å². The molecular formula is C14H11F3N2O2. The fourth-order valence-corrected chi connectivity index (χ4v) is 1.80. The second kappa shape index (κ2) is 5.16. The molecule has 0 amide bonds. The van der Waals surface area contributed by atoms with Crippen LogP contribution in [0.15, 0.2) is 35.3 Å². The summed E-state index contributed by atoms with van der Waals surface area (Å²) in [5.41, 5.74) is -1.30. The summed E-state index contributed by atoms with van der Waals surface area (Å²) in [5, 5.41) is 3.81. The molecule has 0 aliphatic carbocycles.